The average molecular weight is 315 g/mol. The van der Waals surface area contributed by atoms with Crippen LogP contribution in [0.3, 0.4) is 0 Å². The maximum absolute atomic E-state index is 13.5. The Labute approximate surface area is 132 Å². The summed E-state index contributed by atoms with van der Waals surface area (Å²) in [6.07, 6.45) is 0.629. The Balaban J connectivity index is 1.56. The third-order valence-corrected chi connectivity index (χ3v) is 4.63. The largest absolute Gasteiger partial charge is 0.274 e. The number of hydrogen-bond acceptors (Lipinski definition) is 3. The molecular formula is C17H14FNO2S. The van der Waals surface area contributed by atoms with Gasteiger partial charge in [0.15, 0.2) is 0 Å². The minimum Gasteiger partial charge on any atom is -0.274 e. The second-order valence-corrected chi connectivity index (χ2v) is 6.08. The monoisotopic (exact) mass is 315 g/mol. The molecule has 5 heteroatoms. The highest BCUT2D eigenvalue weighted by atomic mass is 32.2. The SMILES string of the molecule is O=C1c2ccccc2C(=O)N1CCCSc1ccccc1F. The van der Waals surface area contributed by atoms with Crippen molar-refractivity contribution in [2.45, 2.75) is 11.3 Å². The van der Waals surface area contributed by atoms with Gasteiger partial charge in [-0.25, -0.2) is 4.39 Å². The topological polar surface area (TPSA) is 37.4 Å². The quantitative estimate of drug-likeness (QED) is 0.480. The maximum atomic E-state index is 13.5. The molecule has 0 N–H and O–H groups in total. The van der Waals surface area contributed by atoms with Crippen LogP contribution in [0.1, 0.15) is 27.1 Å². The van der Waals surface area contributed by atoms with E-state index < -0.39 is 0 Å². The molecule has 3 nitrogen and oxygen atoms in total. The molecule has 1 heterocycles. The van der Waals surface area contributed by atoms with Gasteiger partial charge in [-0.2, -0.15) is 0 Å². The van der Waals surface area contributed by atoms with E-state index in [1.165, 1.54) is 22.7 Å². The van der Waals surface area contributed by atoms with Crippen LogP contribution >= 0.6 is 11.8 Å². The standard InChI is InChI=1S/C17H14FNO2S/c18-14-8-3-4-9-15(14)22-11-5-10-19-16(20)12-6-1-2-7-13(12)17(19)21/h1-4,6-9H,5,10-11H2. The van der Waals surface area contributed by atoms with E-state index in [1.807, 2.05) is 0 Å². The summed E-state index contributed by atoms with van der Waals surface area (Å²) in [5.74, 6) is -0.0739. The summed E-state index contributed by atoms with van der Waals surface area (Å²) in [5, 5.41) is 0. The van der Waals surface area contributed by atoms with Crippen LogP contribution in [0.15, 0.2) is 53.4 Å². The van der Waals surface area contributed by atoms with Crippen LogP contribution in [-0.4, -0.2) is 29.0 Å². The van der Waals surface area contributed by atoms with Crippen LogP contribution in [0.25, 0.3) is 0 Å². The number of halogens is 1. The molecule has 1 aliphatic heterocycles. The lowest BCUT2D eigenvalue weighted by Gasteiger charge is -2.13. The molecule has 0 atom stereocenters. The number of carbonyl (C=O) groups is 2. The Kier molecular flexibility index (Phi) is 4.24. The van der Waals surface area contributed by atoms with Crippen molar-refractivity contribution in [3.8, 4) is 0 Å². The minimum absolute atomic E-state index is 0.239. The average Bonchev–Trinajstić information content (AvgIpc) is 2.78. The van der Waals surface area contributed by atoms with E-state index in [9.17, 15) is 14.0 Å². The Morgan fingerprint density at radius 2 is 1.50 bits per heavy atom. The van der Waals surface area contributed by atoms with Gasteiger partial charge >= 0.3 is 0 Å². The van der Waals surface area contributed by atoms with Gasteiger partial charge in [-0.3, -0.25) is 14.5 Å². The predicted octanol–water partition coefficient (Wildman–Crippen LogP) is 3.60. The smallest absolute Gasteiger partial charge is 0.261 e. The summed E-state index contributed by atoms with van der Waals surface area (Å²) in [6, 6.07) is 13.4. The highest BCUT2D eigenvalue weighted by Crippen LogP contribution is 2.24. The minimum atomic E-state index is -0.242. The number of carbonyl (C=O) groups excluding carboxylic acids is 2. The van der Waals surface area contributed by atoms with E-state index in [1.54, 1.807) is 42.5 Å². The predicted molar refractivity (Wildman–Crippen MR) is 83.6 cm³/mol. The number of amides is 2. The normalized spacial score (nSPS) is 13.6. The van der Waals surface area contributed by atoms with E-state index in [-0.39, 0.29) is 17.6 Å². The zero-order chi connectivity index (χ0) is 15.5. The van der Waals surface area contributed by atoms with Crippen molar-refractivity contribution < 1.29 is 14.0 Å². The summed E-state index contributed by atoms with van der Waals surface area (Å²) in [7, 11) is 0. The van der Waals surface area contributed by atoms with Crippen LogP contribution in [0, 0.1) is 5.82 Å². The van der Waals surface area contributed by atoms with Crippen molar-refractivity contribution >= 4 is 23.6 Å². The second-order valence-electron chi connectivity index (χ2n) is 4.94. The number of nitrogens with zero attached hydrogens (tertiary/aromatic N) is 1. The Morgan fingerprint density at radius 3 is 2.14 bits per heavy atom. The first kappa shape index (κ1) is 14.8. The Bertz CT molecular complexity index is 697. The van der Waals surface area contributed by atoms with Crippen molar-refractivity contribution in [3.63, 3.8) is 0 Å². The number of fused-ring (bicyclic) bond motifs is 1. The third-order valence-electron chi connectivity index (χ3n) is 3.50. The van der Waals surface area contributed by atoms with Crippen molar-refractivity contribution in [3.05, 3.63) is 65.5 Å². The molecule has 1 aliphatic rings. The van der Waals surface area contributed by atoms with Crippen LogP contribution in [0.5, 0.6) is 0 Å². The van der Waals surface area contributed by atoms with Crippen molar-refractivity contribution in [2.75, 3.05) is 12.3 Å². The fourth-order valence-electron chi connectivity index (χ4n) is 2.41. The van der Waals surface area contributed by atoms with E-state index in [0.29, 0.717) is 34.7 Å². The summed E-state index contributed by atoms with van der Waals surface area (Å²) in [6.45, 7) is 0.355. The number of imide groups is 1. The molecule has 0 bridgehead atoms. The van der Waals surface area contributed by atoms with E-state index >= 15 is 0 Å². The van der Waals surface area contributed by atoms with Gasteiger partial charge in [0.2, 0.25) is 0 Å². The van der Waals surface area contributed by atoms with Crippen molar-refractivity contribution in [1.29, 1.82) is 0 Å². The molecule has 22 heavy (non-hydrogen) atoms. The lowest BCUT2D eigenvalue weighted by Crippen LogP contribution is -2.30. The molecule has 2 aromatic rings. The second kappa shape index (κ2) is 6.32. The number of thioether (sulfide) groups is 1. The molecule has 0 unspecified atom stereocenters. The lowest BCUT2D eigenvalue weighted by atomic mass is 10.1. The zero-order valence-corrected chi connectivity index (χ0v) is 12.6. The fraction of sp³-hybridized carbons (Fsp3) is 0.176. The van der Waals surface area contributed by atoms with Crippen molar-refractivity contribution in [1.82, 2.24) is 4.90 Å². The molecular weight excluding hydrogens is 301 g/mol. The Hall–Kier alpha value is -2.14. The van der Waals surface area contributed by atoms with Gasteiger partial charge in [-0.15, -0.1) is 11.8 Å². The highest BCUT2D eigenvalue weighted by molar-refractivity contribution is 7.99. The molecule has 0 fully saturated rings. The maximum Gasteiger partial charge on any atom is 0.261 e. The summed E-state index contributed by atoms with van der Waals surface area (Å²) >= 11 is 1.39. The number of hydrogen-bond donors (Lipinski definition) is 0. The molecule has 3 rings (SSSR count). The first-order chi connectivity index (χ1) is 10.7. The molecule has 0 saturated heterocycles. The van der Waals surface area contributed by atoms with Crippen LogP contribution < -0.4 is 0 Å². The van der Waals surface area contributed by atoms with Gasteiger partial charge in [0.25, 0.3) is 11.8 Å². The van der Waals surface area contributed by atoms with Gasteiger partial charge < -0.3 is 0 Å². The highest BCUT2D eigenvalue weighted by Gasteiger charge is 2.34. The molecule has 112 valence electrons. The number of benzene rings is 2. The number of rotatable bonds is 5. The first-order valence-electron chi connectivity index (χ1n) is 7.01. The van der Waals surface area contributed by atoms with Gasteiger partial charge in [-0.1, -0.05) is 24.3 Å². The lowest BCUT2D eigenvalue weighted by molar-refractivity contribution is 0.0655. The molecule has 2 aromatic carbocycles. The van der Waals surface area contributed by atoms with Gasteiger partial charge in [0, 0.05) is 11.4 Å². The molecule has 0 spiro atoms. The molecule has 0 radical (unpaired) electrons. The van der Waals surface area contributed by atoms with E-state index in [0.717, 1.165) is 0 Å². The molecule has 2 amide bonds. The Morgan fingerprint density at radius 1 is 0.909 bits per heavy atom. The van der Waals surface area contributed by atoms with Gasteiger partial charge in [-0.05, 0) is 36.4 Å². The van der Waals surface area contributed by atoms with E-state index in [2.05, 4.69) is 0 Å². The van der Waals surface area contributed by atoms with Crippen LogP contribution in [-0.2, 0) is 0 Å². The summed E-state index contributed by atoms with van der Waals surface area (Å²) in [4.78, 5) is 26.2. The zero-order valence-electron chi connectivity index (χ0n) is 11.8. The molecule has 0 aliphatic carbocycles. The first-order valence-corrected chi connectivity index (χ1v) is 7.99. The van der Waals surface area contributed by atoms with Crippen LogP contribution in [0.2, 0.25) is 0 Å². The van der Waals surface area contributed by atoms with E-state index in [4.69, 9.17) is 0 Å². The van der Waals surface area contributed by atoms with Gasteiger partial charge in [0.05, 0.1) is 11.1 Å². The van der Waals surface area contributed by atoms with Crippen LogP contribution in [0.4, 0.5) is 4.39 Å². The summed E-state index contributed by atoms with van der Waals surface area (Å²) in [5.41, 5.74) is 0.934. The summed E-state index contributed by atoms with van der Waals surface area (Å²) < 4.78 is 13.5. The van der Waals surface area contributed by atoms with Crippen molar-refractivity contribution in [2.24, 2.45) is 0 Å². The van der Waals surface area contributed by atoms with Gasteiger partial charge in [0.1, 0.15) is 5.82 Å². The fourth-order valence-corrected chi connectivity index (χ4v) is 3.28. The third kappa shape index (κ3) is 2.76. The molecule has 0 aromatic heterocycles. The molecule has 0 saturated carbocycles.